The second kappa shape index (κ2) is 7.62. The summed E-state index contributed by atoms with van der Waals surface area (Å²) in [5.74, 6) is 0.756. The highest BCUT2D eigenvalue weighted by molar-refractivity contribution is 7.64. The SMILES string of the molecule is CP(C)c1cccc2c3c([nH]c12)CCCc1cnc(N[C@H]2CCC(C)(C)NC2)nc1-3. The molecule has 0 saturated carbocycles. The van der Waals surface area contributed by atoms with Crippen LogP contribution in [0.5, 0.6) is 0 Å². The van der Waals surface area contributed by atoms with Crippen molar-refractivity contribution in [2.24, 2.45) is 0 Å². The zero-order chi connectivity index (χ0) is 20.9. The normalized spacial score (nSPS) is 20.6. The molecule has 1 aliphatic carbocycles. The number of hydrogen-bond acceptors (Lipinski definition) is 4. The molecule has 3 heterocycles. The van der Waals surface area contributed by atoms with Gasteiger partial charge >= 0.3 is 0 Å². The van der Waals surface area contributed by atoms with Gasteiger partial charge in [0.15, 0.2) is 0 Å². The molecular formula is C24H32N5P. The Bertz CT molecular complexity index is 1070. The molecule has 3 aromatic rings. The van der Waals surface area contributed by atoms with Gasteiger partial charge in [-0.1, -0.05) is 26.1 Å². The monoisotopic (exact) mass is 421 g/mol. The van der Waals surface area contributed by atoms with E-state index in [4.69, 9.17) is 9.97 Å². The van der Waals surface area contributed by atoms with Gasteiger partial charge in [0, 0.05) is 41.0 Å². The van der Waals surface area contributed by atoms with Crippen LogP contribution in [0.15, 0.2) is 24.4 Å². The van der Waals surface area contributed by atoms with Crippen LogP contribution < -0.4 is 15.9 Å². The lowest BCUT2D eigenvalue weighted by Gasteiger charge is -2.36. The predicted molar refractivity (Wildman–Crippen MR) is 128 cm³/mol. The standard InChI is InChI=1S/C24H32N5P/c1-24(2)12-11-16(14-26-24)27-23-25-13-15-7-5-9-18-20(21(15)29-23)17-8-6-10-19(30(3)4)22(17)28-18/h6,8,10,13,16,26,28H,5,7,9,11-12,14H2,1-4H3,(H,25,27,29)/t16-/m0/s1. The number of hydrogen-bond donors (Lipinski definition) is 3. The van der Waals surface area contributed by atoms with Gasteiger partial charge in [-0.2, -0.15) is 0 Å². The highest BCUT2D eigenvalue weighted by atomic mass is 31.1. The van der Waals surface area contributed by atoms with Crippen LogP contribution in [0.4, 0.5) is 5.95 Å². The average Bonchev–Trinajstić information content (AvgIpc) is 2.99. The lowest BCUT2D eigenvalue weighted by molar-refractivity contribution is 0.289. The van der Waals surface area contributed by atoms with Crippen molar-refractivity contribution in [2.45, 2.75) is 57.5 Å². The summed E-state index contributed by atoms with van der Waals surface area (Å²) in [4.78, 5) is 13.5. The molecule has 6 heteroatoms. The van der Waals surface area contributed by atoms with Crippen LogP contribution in [0.2, 0.25) is 0 Å². The summed E-state index contributed by atoms with van der Waals surface area (Å²) in [5, 5.41) is 9.99. The maximum atomic E-state index is 5.08. The van der Waals surface area contributed by atoms with Gasteiger partial charge in [0.05, 0.1) is 11.2 Å². The van der Waals surface area contributed by atoms with Crippen molar-refractivity contribution in [3.63, 3.8) is 0 Å². The van der Waals surface area contributed by atoms with Crippen molar-refractivity contribution in [1.82, 2.24) is 20.3 Å². The van der Waals surface area contributed by atoms with E-state index >= 15 is 0 Å². The van der Waals surface area contributed by atoms with Gasteiger partial charge in [-0.15, -0.1) is 0 Å². The number of piperidine rings is 1. The number of nitrogens with zero attached hydrogens (tertiary/aromatic N) is 2. The Balaban J connectivity index is 1.54. The Hall–Kier alpha value is -1.97. The van der Waals surface area contributed by atoms with E-state index in [1.54, 1.807) is 0 Å². The molecule has 0 radical (unpaired) electrons. The minimum absolute atomic E-state index is 0.167. The zero-order valence-electron chi connectivity index (χ0n) is 18.5. The first kappa shape index (κ1) is 20.0. The topological polar surface area (TPSA) is 65.6 Å². The molecule has 5 rings (SSSR count). The van der Waals surface area contributed by atoms with E-state index in [0.29, 0.717) is 6.04 Å². The summed E-state index contributed by atoms with van der Waals surface area (Å²) >= 11 is 0. The fraction of sp³-hybridized carbons (Fsp3) is 0.500. The number of para-hydroxylation sites is 1. The molecule has 1 fully saturated rings. The molecule has 0 spiro atoms. The molecule has 5 nitrogen and oxygen atoms in total. The first-order chi connectivity index (χ1) is 14.4. The van der Waals surface area contributed by atoms with E-state index < -0.39 is 0 Å². The molecule has 1 aliphatic heterocycles. The molecule has 1 aromatic carbocycles. The number of benzene rings is 1. The van der Waals surface area contributed by atoms with E-state index in [9.17, 15) is 0 Å². The van der Waals surface area contributed by atoms with E-state index in [-0.39, 0.29) is 13.5 Å². The molecule has 1 atom stereocenters. The smallest absolute Gasteiger partial charge is 0.223 e. The van der Waals surface area contributed by atoms with Crippen molar-refractivity contribution in [3.8, 4) is 11.3 Å². The van der Waals surface area contributed by atoms with Crippen molar-refractivity contribution in [1.29, 1.82) is 0 Å². The van der Waals surface area contributed by atoms with Crippen LogP contribution in [0.25, 0.3) is 22.2 Å². The van der Waals surface area contributed by atoms with Crippen LogP contribution in [-0.4, -0.2) is 46.4 Å². The number of anilines is 1. The molecule has 0 amide bonds. The number of aryl methyl sites for hydroxylation is 2. The van der Waals surface area contributed by atoms with Gasteiger partial charge < -0.3 is 15.6 Å². The average molecular weight is 422 g/mol. The number of nitrogens with one attached hydrogen (secondary N) is 3. The third-order valence-electron chi connectivity index (χ3n) is 6.62. The first-order valence-electron chi connectivity index (χ1n) is 11.1. The summed E-state index contributed by atoms with van der Waals surface area (Å²) in [7, 11) is -0.167. The summed E-state index contributed by atoms with van der Waals surface area (Å²) in [6.45, 7) is 10.1. The zero-order valence-corrected chi connectivity index (χ0v) is 19.4. The van der Waals surface area contributed by atoms with Crippen molar-refractivity contribution >= 4 is 30.1 Å². The maximum Gasteiger partial charge on any atom is 0.223 e. The van der Waals surface area contributed by atoms with E-state index in [1.807, 2.05) is 0 Å². The fourth-order valence-corrected chi connectivity index (χ4v) is 5.86. The summed E-state index contributed by atoms with van der Waals surface area (Å²) in [6.07, 6.45) is 7.57. The minimum atomic E-state index is -0.167. The first-order valence-corrected chi connectivity index (χ1v) is 13.3. The van der Waals surface area contributed by atoms with Crippen molar-refractivity contribution in [2.75, 3.05) is 25.2 Å². The number of rotatable bonds is 3. The van der Waals surface area contributed by atoms with E-state index in [1.165, 1.54) is 33.0 Å². The molecular weight excluding hydrogens is 389 g/mol. The summed E-state index contributed by atoms with van der Waals surface area (Å²) in [6, 6.07) is 7.11. The number of aromatic amines is 1. The number of aromatic nitrogens is 3. The Morgan fingerprint density at radius 2 is 2.07 bits per heavy atom. The molecule has 158 valence electrons. The van der Waals surface area contributed by atoms with Crippen LogP contribution >= 0.6 is 7.92 Å². The van der Waals surface area contributed by atoms with Gasteiger partial charge in [-0.05, 0) is 70.1 Å². The molecule has 2 aromatic heterocycles. The quantitative estimate of drug-likeness (QED) is 0.548. The lowest BCUT2D eigenvalue weighted by atomic mass is 9.91. The highest BCUT2D eigenvalue weighted by Gasteiger charge is 2.27. The van der Waals surface area contributed by atoms with Crippen molar-refractivity contribution in [3.05, 3.63) is 35.7 Å². The van der Waals surface area contributed by atoms with Crippen LogP contribution in [0, 0.1) is 0 Å². The fourth-order valence-electron chi connectivity index (χ4n) is 4.85. The summed E-state index contributed by atoms with van der Waals surface area (Å²) in [5.41, 5.74) is 6.54. The van der Waals surface area contributed by atoms with Crippen LogP contribution in [0.3, 0.4) is 0 Å². The third kappa shape index (κ3) is 3.63. The van der Waals surface area contributed by atoms with Gasteiger partial charge in [0.2, 0.25) is 5.95 Å². The highest BCUT2D eigenvalue weighted by Crippen LogP contribution is 2.39. The molecule has 2 aliphatic rings. The van der Waals surface area contributed by atoms with Gasteiger partial charge in [0.1, 0.15) is 0 Å². The second-order valence-electron chi connectivity index (χ2n) is 9.64. The Labute approximate surface area is 180 Å². The Morgan fingerprint density at radius 3 is 2.83 bits per heavy atom. The summed E-state index contributed by atoms with van der Waals surface area (Å²) < 4.78 is 0. The second-order valence-corrected chi connectivity index (χ2v) is 11.9. The Morgan fingerprint density at radius 1 is 1.20 bits per heavy atom. The van der Waals surface area contributed by atoms with Crippen LogP contribution in [-0.2, 0) is 12.8 Å². The van der Waals surface area contributed by atoms with Gasteiger partial charge in [-0.25, -0.2) is 9.97 Å². The van der Waals surface area contributed by atoms with Gasteiger partial charge in [-0.3, -0.25) is 0 Å². The van der Waals surface area contributed by atoms with E-state index in [2.05, 4.69) is 67.2 Å². The molecule has 3 N–H and O–H groups in total. The largest absolute Gasteiger partial charge is 0.357 e. The molecule has 0 bridgehead atoms. The maximum absolute atomic E-state index is 5.08. The molecule has 30 heavy (non-hydrogen) atoms. The van der Waals surface area contributed by atoms with Gasteiger partial charge in [0.25, 0.3) is 0 Å². The molecule has 1 saturated heterocycles. The number of fused-ring (bicyclic) bond motifs is 5. The Kier molecular flexibility index (Phi) is 5.07. The van der Waals surface area contributed by atoms with Crippen molar-refractivity contribution < 1.29 is 0 Å². The van der Waals surface area contributed by atoms with Crippen LogP contribution in [0.1, 0.15) is 44.4 Å². The molecule has 0 unspecified atom stereocenters. The van der Waals surface area contributed by atoms with E-state index in [0.717, 1.165) is 50.3 Å². The third-order valence-corrected chi connectivity index (χ3v) is 7.96. The minimum Gasteiger partial charge on any atom is -0.357 e. The number of H-pyrrole nitrogens is 1. The lowest BCUT2D eigenvalue weighted by Crippen LogP contribution is -2.50. The predicted octanol–water partition coefficient (Wildman–Crippen LogP) is 4.42.